The third-order valence-corrected chi connectivity index (χ3v) is 22.5. The molecule has 8 aromatic carbocycles. The van der Waals surface area contributed by atoms with Crippen molar-refractivity contribution in [3.05, 3.63) is 190 Å². The van der Waals surface area contributed by atoms with Gasteiger partial charge in [-0.3, -0.25) is 0 Å². The Labute approximate surface area is 524 Å². The first-order valence-corrected chi connectivity index (χ1v) is 33.0. The minimum Gasteiger partial charge on any atom is -0.468 e. The number of benzene rings is 8. The van der Waals surface area contributed by atoms with Crippen LogP contribution >= 0.6 is 0 Å². The second kappa shape index (κ2) is 18.6. The fourth-order valence-electron chi connectivity index (χ4n) is 16.5. The van der Waals surface area contributed by atoms with E-state index in [0.717, 1.165) is 106 Å². The first-order chi connectivity index (χ1) is 41.3. The van der Waals surface area contributed by atoms with Crippen molar-refractivity contribution in [2.24, 2.45) is 0 Å². The lowest BCUT2D eigenvalue weighted by Crippen LogP contribution is -2.61. The molecule has 2 aromatic heterocycles. The highest BCUT2D eigenvalue weighted by Gasteiger charge is 2.51. The molecule has 0 spiro atoms. The van der Waals surface area contributed by atoms with Crippen LogP contribution in [0.15, 0.2) is 154 Å². The van der Waals surface area contributed by atoms with Gasteiger partial charge in [0.25, 0.3) is 6.71 Å². The van der Waals surface area contributed by atoms with Gasteiger partial charge in [0.05, 0.1) is 17.0 Å². The number of rotatable bonds is 5. The highest BCUT2D eigenvalue weighted by Crippen LogP contribution is 2.56. The number of hydrogen-bond acceptors (Lipinski definition) is 5. The van der Waals surface area contributed by atoms with Gasteiger partial charge in [0, 0.05) is 56.0 Å². The summed E-state index contributed by atoms with van der Waals surface area (Å²) >= 11 is 0. The molecule has 2 aliphatic heterocycles. The molecular weight excluding hydrogens is 1070 g/mol. The monoisotopic (exact) mass is 1160 g/mol. The van der Waals surface area contributed by atoms with Gasteiger partial charge in [0.2, 0.25) is 0 Å². The Kier molecular flexibility index (Phi) is 12.0. The predicted molar refractivity (Wildman–Crippen MR) is 375 cm³/mol. The quantitative estimate of drug-likeness (QED) is 0.161. The summed E-state index contributed by atoms with van der Waals surface area (Å²) in [6.07, 6.45) is 6.78. The minimum absolute atomic E-state index is 0.00576. The average Bonchev–Trinajstić information content (AvgIpc) is 1.21. The molecule has 0 amide bonds. The van der Waals surface area contributed by atoms with E-state index < -0.39 is 0 Å². The Morgan fingerprint density at radius 3 is 1.47 bits per heavy atom. The number of fused-ring (bicyclic) bond motifs is 12. The Morgan fingerprint density at radius 2 is 0.864 bits per heavy atom. The Hall–Kier alpha value is -7.44. The molecule has 0 saturated heterocycles. The van der Waals surface area contributed by atoms with Crippen LogP contribution in [0.1, 0.15) is 208 Å². The lowest BCUT2D eigenvalue weighted by molar-refractivity contribution is 0.332. The van der Waals surface area contributed by atoms with E-state index in [4.69, 9.17) is 8.83 Å². The second-order valence-corrected chi connectivity index (χ2v) is 33.4. The summed E-state index contributed by atoms with van der Waals surface area (Å²) in [6, 6.07) is 57.2. The molecule has 0 saturated carbocycles. The molecule has 88 heavy (non-hydrogen) atoms. The summed E-state index contributed by atoms with van der Waals surface area (Å²) in [7, 11) is 0. The summed E-state index contributed by atoms with van der Waals surface area (Å²) < 4.78 is 14.5. The molecule has 0 bridgehead atoms. The number of furan rings is 2. The highest BCUT2D eigenvalue weighted by molar-refractivity contribution is 7.00. The van der Waals surface area contributed by atoms with E-state index in [1.165, 1.54) is 77.9 Å². The smallest absolute Gasteiger partial charge is 0.297 e. The van der Waals surface area contributed by atoms with E-state index in [2.05, 4.69) is 285 Å². The molecule has 448 valence electrons. The van der Waals surface area contributed by atoms with E-state index in [9.17, 15) is 0 Å². The van der Waals surface area contributed by atoms with Gasteiger partial charge in [-0.15, -0.1) is 0 Å². The van der Waals surface area contributed by atoms with Crippen molar-refractivity contribution in [3.63, 3.8) is 0 Å². The Morgan fingerprint density at radius 1 is 0.375 bits per heavy atom. The Balaban J connectivity index is 1.11. The predicted octanol–water partition coefficient (Wildman–Crippen LogP) is 21.5. The van der Waals surface area contributed by atoms with Crippen molar-refractivity contribution in [1.82, 2.24) is 0 Å². The van der Waals surface area contributed by atoms with Crippen LogP contribution in [-0.4, -0.2) is 6.71 Å². The molecule has 4 heterocycles. The zero-order valence-corrected chi connectivity index (χ0v) is 55.8. The van der Waals surface area contributed by atoms with Crippen LogP contribution in [0.4, 0.5) is 51.2 Å². The highest BCUT2D eigenvalue weighted by atomic mass is 16.3. The largest absolute Gasteiger partial charge is 0.468 e. The van der Waals surface area contributed by atoms with Crippen LogP contribution in [0.5, 0.6) is 0 Å². The van der Waals surface area contributed by atoms with Crippen LogP contribution in [0.3, 0.4) is 0 Å². The van der Waals surface area contributed by atoms with Crippen molar-refractivity contribution >= 4 is 107 Å². The fraction of sp³-hybridized carbons (Fsp3) is 0.390. The van der Waals surface area contributed by atoms with Gasteiger partial charge >= 0.3 is 0 Å². The summed E-state index contributed by atoms with van der Waals surface area (Å²) in [6.45, 7) is 43.3. The first-order valence-electron chi connectivity index (χ1n) is 33.0. The van der Waals surface area contributed by atoms with Crippen LogP contribution in [0.25, 0.3) is 32.9 Å². The van der Waals surface area contributed by atoms with Crippen LogP contribution in [0.2, 0.25) is 0 Å². The average molecular weight is 1160 g/mol. The van der Waals surface area contributed by atoms with Gasteiger partial charge in [-0.25, -0.2) is 0 Å². The third kappa shape index (κ3) is 8.59. The number of nitrogens with zero attached hydrogens (tertiary/aromatic N) is 3. The van der Waals surface area contributed by atoms with E-state index >= 15 is 0 Å². The molecule has 0 N–H and O–H groups in total. The van der Waals surface area contributed by atoms with E-state index in [1.807, 2.05) is 0 Å². The molecule has 5 nitrogen and oxygen atoms in total. The van der Waals surface area contributed by atoms with Crippen molar-refractivity contribution in [3.8, 4) is 0 Å². The third-order valence-electron chi connectivity index (χ3n) is 22.5. The van der Waals surface area contributed by atoms with E-state index in [-0.39, 0.29) is 50.0 Å². The van der Waals surface area contributed by atoms with Gasteiger partial charge in [0.15, 0.2) is 0 Å². The molecule has 10 aromatic rings. The SMILES string of the molecule is CC(C)(C)c1ccc(N(c2cc3c4c(c2)N(c2ccc(C(C)(C)C)cc2)c2c(oc5cc6c(cc25)C(C)(C)CCC6(C)C)B4c2cc4c(cc2N3c2ccc3c(c2)C(C)(C)CCC3(C)C)C(C)(C)CCC4(C)C)c2ccc3oc4ccccc4c3c2)cc1. The molecule has 0 radical (unpaired) electrons. The van der Waals surface area contributed by atoms with Gasteiger partial charge < -0.3 is 23.5 Å². The maximum absolute atomic E-state index is 7.90. The van der Waals surface area contributed by atoms with E-state index in [0.29, 0.717) is 0 Å². The number of para-hydroxylation sites is 1. The maximum atomic E-state index is 7.90. The van der Waals surface area contributed by atoms with Crippen molar-refractivity contribution in [2.45, 2.75) is 206 Å². The van der Waals surface area contributed by atoms with Crippen molar-refractivity contribution in [1.29, 1.82) is 0 Å². The van der Waals surface area contributed by atoms with Crippen molar-refractivity contribution < 1.29 is 8.83 Å². The summed E-state index contributed by atoms with van der Waals surface area (Å²) in [5, 5.41) is 3.38. The van der Waals surface area contributed by atoms with Crippen LogP contribution in [-0.2, 0) is 43.3 Å². The minimum atomic E-state index is -0.233. The zero-order valence-electron chi connectivity index (χ0n) is 55.8. The van der Waals surface area contributed by atoms with Gasteiger partial charge in [-0.2, -0.15) is 0 Å². The lowest BCUT2D eigenvalue weighted by atomic mass is 9.35. The number of anilines is 9. The lowest BCUT2D eigenvalue weighted by Gasteiger charge is -2.47. The number of hydrogen-bond donors (Lipinski definition) is 0. The fourth-order valence-corrected chi connectivity index (χ4v) is 16.5. The summed E-state index contributed by atoms with van der Waals surface area (Å²) in [4.78, 5) is 7.85. The topological polar surface area (TPSA) is 36.0 Å². The molecular formula is C82H90BN3O2. The first kappa shape index (κ1) is 57.0. The summed E-state index contributed by atoms with van der Waals surface area (Å²) in [5.74, 6) is 0. The molecule has 5 aliphatic rings. The normalized spacial score (nSPS) is 19.0. The van der Waals surface area contributed by atoms with Crippen LogP contribution < -0.4 is 31.3 Å². The second-order valence-electron chi connectivity index (χ2n) is 33.4. The molecule has 0 fully saturated rings. The van der Waals surface area contributed by atoms with Gasteiger partial charge in [0.1, 0.15) is 16.7 Å². The van der Waals surface area contributed by atoms with Gasteiger partial charge in [-0.1, -0.05) is 179 Å². The molecule has 3 aliphatic carbocycles. The molecule has 0 atom stereocenters. The zero-order chi connectivity index (χ0) is 61.9. The molecule has 0 unspecified atom stereocenters. The maximum Gasteiger partial charge on any atom is 0.297 e. The van der Waals surface area contributed by atoms with E-state index in [1.54, 1.807) is 0 Å². The van der Waals surface area contributed by atoms with Crippen molar-refractivity contribution in [2.75, 3.05) is 14.7 Å². The summed E-state index contributed by atoms with van der Waals surface area (Å²) in [5.41, 5.74) is 27.7. The molecule has 15 rings (SSSR count). The standard InChI is InChI=1S/C82H90BN3O2/c1-75(2,3)49-23-27-51(28-24-49)84(53-32-34-70-57(41-53)56-21-19-20-22-69(56)87-70)55-43-67-72-68(44-55)86(52-29-25-50(26-30-52)76(4,5)6)73-58-45-61-64(82(17,18)40-37-79(61,11)12)48-71(58)88-74(73)83(72)65-46-62-63(81(15,16)39-38-80(62,13)14)47-66(65)85(67)54-31-33-59-60(42-54)78(9,10)36-35-77(59,7)8/h19-34,41-48H,35-40H2,1-18H3. The van der Waals surface area contributed by atoms with Gasteiger partial charge in [-0.05, 0) is 228 Å². The van der Waals surface area contributed by atoms with Crippen LogP contribution in [0, 0.1) is 0 Å². The molecule has 6 heteroatoms. The Bertz CT molecular complexity index is 4540.